The van der Waals surface area contributed by atoms with Gasteiger partial charge in [-0.3, -0.25) is 0 Å². The summed E-state index contributed by atoms with van der Waals surface area (Å²) < 4.78 is 0. The molecule has 1 fully saturated rings. The number of nitrogens with one attached hydrogen (secondary N) is 1. The fourth-order valence-electron chi connectivity index (χ4n) is 2.49. The van der Waals surface area contributed by atoms with Crippen LogP contribution in [0, 0.1) is 5.92 Å². The molecule has 19 heavy (non-hydrogen) atoms. The van der Waals surface area contributed by atoms with Crippen molar-refractivity contribution >= 4 is 0 Å². The highest BCUT2D eigenvalue weighted by molar-refractivity contribution is 5.63. The minimum Gasteiger partial charge on any atom is -0.310 e. The van der Waals surface area contributed by atoms with Crippen molar-refractivity contribution in [1.29, 1.82) is 0 Å². The third kappa shape index (κ3) is 3.24. The van der Waals surface area contributed by atoms with E-state index in [-0.39, 0.29) is 0 Å². The molecule has 3 rings (SSSR count). The van der Waals surface area contributed by atoms with Crippen molar-refractivity contribution in [3.05, 3.63) is 60.2 Å². The molecule has 1 heteroatoms. The van der Waals surface area contributed by atoms with E-state index in [0.29, 0.717) is 6.04 Å². The molecule has 1 unspecified atom stereocenters. The average molecular weight is 251 g/mol. The molecular formula is C18H21N. The molecule has 2 aromatic rings. The van der Waals surface area contributed by atoms with Crippen LogP contribution in [0.15, 0.2) is 54.6 Å². The first kappa shape index (κ1) is 12.4. The maximum Gasteiger partial charge on any atom is 0.0208 e. The fourth-order valence-corrected chi connectivity index (χ4v) is 2.49. The zero-order valence-corrected chi connectivity index (χ0v) is 11.5. The lowest BCUT2D eigenvalue weighted by atomic mass is 10.0. The second-order valence-corrected chi connectivity index (χ2v) is 5.57. The molecule has 0 saturated heterocycles. The predicted molar refractivity (Wildman–Crippen MR) is 80.9 cm³/mol. The molecule has 0 amide bonds. The maximum atomic E-state index is 3.62. The Labute approximate surface area is 115 Å². The monoisotopic (exact) mass is 251 g/mol. The zero-order valence-electron chi connectivity index (χ0n) is 11.5. The van der Waals surface area contributed by atoms with Gasteiger partial charge in [0.05, 0.1) is 0 Å². The van der Waals surface area contributed by atoms with Gasteiger partial charge in [0.1, 0.15) is 0 Å². The van der Waals surface area contributed by atoms with Gasteiger partial charge in [0.2, 0.25) is 0 Å². The summed E-state index contributed by atoms with van der Waals surface area (Å²) >= 11 is 0. The second-order valence-electron chi connectivity index (χ2n) is 5.57. The van der Waals surface area contributed by atoms with E-state index >= 15 is 0 Å². The summed E-state index contributed by atoms with van der Waals surface area (Å²) in [5.74, 6) is 0.920. The van der Waals surface area contributed by atoms with Crippen LogP contribution in [0.5, 0.6) is 0 Å². The van der Waals surface area contributed by atoms with E-state index in [1.165, 1.54) is 29.5 Å². The summed E-state index contributed by atoms with van der Waals surface area (Å²) in [6, 6.07) is 20.1. The molecule has 0 aromatic heterocycles. The molecule has 1 aliphatic rings. The van der Waals surface area contributed by atoms with Gasteiger partial charge in [-0.1, -0.05) is 54.6 Å². The number of hydrogen-bond donors (Lipinski definition) is 1. The minimum atomic E-state index is 0.661. The van der Waals surface area contributed by atoms with Crippen LogP contribution in [0.3, 0.4) is 0 Å². The average Bonchev–Trinajstić information content (AvgIpc) is 3.31. The lowest BCUT2D eigenvalue weighted by Gasteiger charge is -2.12. The maximum absolute atomic E-state index is 3.62. The Kier molecular flexibility index (Phi) is 3.65. The van der Waals surface area contributed by atoms with Gasteiger partial charge in [-0.25, -0.2) is 0 Å². The van der Waals surface area contributed by atoms with Gasteiger partial charge in [0, 0.05) is 12.6 Å². The van der Waals surface area contributed by atoms with Crippen LogP contribution in [0.4, 0.5) is 0 Å². The van der Waals surface area contributed by atoms with Gasteiger partial charge in [-0.15, -0.1) is 0 Å². The third-order valence-electron chi connectivity index (χ3n) is 4.02. The molecule has 1 aliphatic carbocycles. The van der Waals surface area contributed by atoms with Gasteiger partial charge in [-0.2, -0.15) is 0 Å². The van der Waals surface area contributed by atoms with E-state index in [9.17, 15) is 0 Å². The molecule has 0 spiro atoms. The normalized spacial score (nSPS) is 16.3. The fraction of sp³-hybridized carbons (Fsp3) is 0.333. The van der Waals surface area contributed by atoms with Crippen LogP contribution in [0.25, 0.3) is 11.1 Å². The summed E-state index contributed by atoms with van der Waals surface area (Å²) in [4.78, 5) is 0. The SMILES string of the molecule is CC(NCc1ccc(-c2ccccc2)cc1)C1CC1. The van der Waals surface area contributed by atoms with E-state index in [0.717, 1.165) is 12.5 Å². The van der Waals surface area contributed by atoms with Gasteiger partial charge >= 0.3 is 0 Å². The molecule has 0 radical (unpaired) electrons. The minimum absolute atomic E-state index is 0.661. The summed E-state index contributed by atoms with van der Waals surface area (Å²) in [5.41, 5.74) is 3.94. The van der Waals surface area contributed by atoms with E-state index < -0.39 is 0 Å². The van der Waals surface area contributed by atoms with Crippen molar-refractivity contribution in [3.8, 4) is 11.1 Å². The van der Waals surface area contributed by atoms with Crippen LogP contribution in [-0.2, 0) is 6.54 Å². The van der Waals surface area contributed by atoms with Crippen molar-refractivity contribution in [2.24, 2.45) is 5.92 Å². The highest BCUT2D eigenvalue weighted by atomic mass is 14.9. The Morgan fingerprint density at radius 1 is 0.947 bits per heavy atom. The van der Waals surface area contributed by atoms with Crippen molar-refractivity contribution in [3.63, 3.8) is 0 Å². The summed E-state index contributed by atoms with van der Waals surface area (Å²) in [7, 11) is 0. The third-order valence-corrected chi connectivity index (χ3v) is 4.02. The van der Waals surface area contributed by atoms with Crippen molar-refractivity contribution in [1.82, 2.24) is 5.32 Å². The van der Waals surface area contributed by atoms with Gasteiger partial charge in [0.25, 0.3) is 0 Å². The molecule has 1 nitrogen and oxygen atoms in total. The first-order valence-electron chi connectivity index (χ1n) is 7.21. The Bertz CT molecular complexity index is 511. The summed E-state index contributed by atoms with van der Waals surface area (Å²) in [6.45, 7) is 3.28. The smallest absolute Gasteiger partial charge is 0.0208 e. The van der Waals surface area contributed by atoms with Gasteiger partial charge in [0.15, 0.2) is 0 Å². The van der Waals surface area contributed by atoms with Gasteiger partial charge in [-0.05, 0) is 42.4 Å². The molecule has 2 aromatic carbocycles. The molecule has 98 valence electrons. The Morgan fingerprint density at radius 2 is 1.58 bits per heavy atom. The van der Waals surface area contributed by atoms with Crippen LogP contribution in [-0.4, -0.2) is 6.04 Å². The van der Waals surface area contributed by atoms with Crippen LogP contribution in [0.1, 0.15) is 25.3 Å². The van der Waals surface area contributed by atoms with E-state index in [2.05, 4.69) is 66.8 Å². The summed E-state index contributed by atoms with van der Waals surface area (Å²) in [5, 5.41) is 3.62. The van der Waals surface area contributed by atoms with Crippen molar-refractivity contribution < 1.29 is 0 Å². The van der Waals surface area contributed by atoms with Gasteiger partial charge < -0.3 is 5.32 Å². The highest BCUT2D eigenvalue weighted by Gasteiger charge is 2.27. The largest absolute Gasteiger partial charge is 0.310 e. The lowest BCUT2D eigenvalue weighted by molar-refractivity contribution is 0.496. The molecule has 0 aliphatic heterocycles. The summed E-state index contributed by atoms with van der Waals surface area (Å²) in [6.07, 6.45) is 2.81. The lowest BCUT2D eigenvalue weighted by Crippen LogP contribution is -2.27. The molecule has 0 heterocycles. The standard InChI is InChI=1S/C18H21N/c1-14(16-11-12-16)19-13-15-7-9-18(10-8-15)17-5-3-2-4-6-17/h2-10,14,16,19H,11-13H2,1H3. The Hall–Kier alpha value is -1.60. The first-order chi connectivity index (χ1) is 9.33. The topological polar surface area (TPSA) is 12.0 Å². The number of rotatable bonds is 5. The van der Waals surface area contributed by atoms with E-state index in [1.807, 2.05) is 0 Å². The predicted octanol–water partition coefficient (Wildman–Crippen LogP) is 4.24. The van der Waals surface area contributed by atoms with E-state index in [4.69, 9.17) is 0 Å². The van der Waals surface area contributed by atoms with Crippen LogP contribution < -0.4 is 5.32 Å². The Morgan fingerprint density at radius 3 is 2.21 bits per heavy atom. The molecule has 0 bridgehead atoms. The van der Waals surface area contributed by atoms with Crippen LogP contribution in [0.2, 0.25) is 0 Å². The van der Waals surface area contributed by atoms with Crippen molar-refractivity contribution in [2.45, 2.75) is 32.4 Å². The van der Waals surface area contributed by atoms with Crippen molar-refractivity contribution in [2.75, 3.05) is 0 Å². The molecule has 1 atom stereocenters. The second kappa shape index (κ2) is 5.58. The zero-order chi connectivity index (χ0) is 13.1. The quantitative estimate of drug-likeness (QED) is 0.838. The number of hydrogen-bond acceptors (Lipinski definition) is 1. The Balaban J connectivity index is 1.62. The molecule has 1 N–H and O–H groups in total. The first-order valence-corrected chi connectivity index (χ1v) is 7.21. The molecular weight excluding hydrogens is 230 g/mol. The molecule has 1 saturated carbocycles. The van der Waals surface area contributed by atoms with E-state index in [1.54, 1.807) is 0 Å². The number of benzene rings is 2. The van der Waals surface area contributed by atoms with Crippen LogP contribution >= 0.6 is 0 Å². The highest BCUT2D eigenvalue weighted by Crippen LogP contribution is 2.32.